The van der Waals surface area contributed by atoms with Crippen molar-refractivity contribution in [3.8, 4) is 11.5 Å². The Morgan fingerprint density at radius 2 is 1.79 bits per heavy atom. The second-order valence-electron chi connectivity index (χ2n) is 7.76. The van der Waals surface area contributed by atoms with Crippen LogP contribution in [-0.4, -0.2) is 25.9 Å². The molecule has 1 unspecified atom stereocenters. The Morgan fingerprint density at radius 3 is 2.43 bits per heavy atom. The molecule has 0 spiro atoms. The number of methoxy groups -OCH3 is 2. The molecule has 5 nitrogen and oxygen atoms in total. The van der Waals surface area contributed by atoms with Gasteiger partial charge in [0, 0.05) is 5.56 Å². The highest BCUT2D eigenvalue weighted by molar-refractivity contribution is 9.10. The van der Waals surface area contributed by atoms with E-state index in [1.165, 1.54) is 0 Å². The number of aryl methyl sites for hydroxylation is 1. The summed E-state index contributed by atoms with van der Waals surface area (Å²) in [5, 5.41) is 0. The summed E-state index contributed by atoms with van der Waals surface area (Å²) < 4.78 is 17.6. The lowest BCUT2D eigenvalue weighted by Crippen LogP contribution is -2.42. The molecule has 0 saturated carbocycles. The van der Waals surface area contributed by atoms with Crippen molar-refractivity contribution in [1.82, 2.24) is 0 Å². The topological polar surface area (TPSA) is 48.0 Å². The van der Waals surface area contributed by atoms with Crippen molar-refractivity contribution in [1.29, 1.82) is 0 Å². The number of carbonyl (C=O) groups is 1. The first-order valence-electron chi connectivity index (χ1n) is 9.26. The summed E-state index contributed by atoms with van der Waals surface area (Å²) in [6.45, 7) is 5.62. The third-order valence-electron chi connectivity index (χ3n) is 4.70. The van der Waals surface area contributed by atoms with Gasteiger partial charge in [-0.1, -0.05) is 18.2 Å². The van der Waals surface area contributed by atoms with Gasteiger partial charge in [-0.05, 0) is 73.3 Å². The first-order valence-corrected chi connectivity index (χ1v) is 10.1. The SMILES string of the molecule is COc1cc2c(cc1Br)N(C(=O)OC(C)(C)C)C(c1ccccc1OC)CC2. The molecule has 0 N–H and O–H groups in total. The highest BCUT2D eigenvalue weighted by Gasteiger charge is 2.36. The molecule has 2 aromatic rings. The fourth-order valence-corrected chi connectivity index (χ4v) is 4.02. The summed E-state index contributed by atoms with van der Waals surface area (Å²) in [7, 11) is 3.29. The van der Waals surface area contributed by atoms with Crippen LogP contribution in [0.2, 0.25) is 0 Å². The Hall–Kier alpha value is -2.21. The van der Waals surface area contributed by atoms with Gasteiger partial charge in [-0.2, -0.15) is 0 Å². The fourth-order valence-electron chi connectivity index (χ4n) is 3.53. The van der Waals surface area contributed by atoms with E-state index < -0.39 is 5.60 Å². The molecule has 0 bridgehead atoms. The van der Waals surface area contributed by atoms with Gasteiger partial charge in [0.25, 0.3) is 0 Å². The zero-order valence-corrected chi connectivity index (χ0v) is 18.5. The van der Waals surface area contributed by atoms with Gasteiger partial charge in [-0.3, -0.25) is 4.90 Å². The van der Waals surface area contributed by atoms with Crippen LogP contribution in [0.5, 0.6) is 11.5 Å². The normalized spacial score (nSPS) is 16.4. The van der Waals surface area contributed by atoms with E-state index in [0.717, 1.165) is 45.6 Å². The second-order valence-corrected chi connectivity index (χ2v) is 8.62. The number of hydrogen-bond acceptors (Lipinski definition) is 4. The van der Waals surface area contributed by atoms with Crippen LogP contribution in [0.15, 0.2) is 40.9 Å². The van der Waals surface area contributed by atoms with Crippen LogP contribution in [0.3, 0.4) is 0 Å². The molecule has 3 rings (SSSR count). The van der Waals surface area contributed by atoms with Crippen LogP contribution in [0, 0.1) is 0 Å². The van der Waals surface area contributed by atoms with Gasteiger partial charge in [0.15, 0.2) is 0 Å². The Bertz CT molecular complexity index is 875. The van der Waals surface area contributed by atoms with Gasteiger partial charge < -0.3 is 14.2 Å². The number of para-hydroxylation sites is 1. The summed E-state index contributed by atoms with van der Waals surface area (Å²) in [6.07, 6.45) is 1.21. The van der Waals surface area contributed by atoms with Crippen LogP contribution in [-0.2, 0) is 11.2 Å². The third-order valence-corrected chi connectivity index (χ3v) is 5.32. The van der Waals surface area contributed by atoms with E-state index in [0.29, 0.717) is 0 Å². The highest BCUT2D eigenvalue weighted by Crippen LogP contribution is 2.45. The number of anilines is 1. The van der Waals surface area contributed by atoms with Crippen molar-refractivity contribution in [2.45, 2.75) is 45.3 Å². The van der Waals surface area contributed by atoms with E-state index in [9.17, 15) is 4.79 Å². The Labute approximate surface area is 174 Å². The van der Waals surface area contributed by atoms with Crippen molar-refractivity contribution < 1.29 is 19.0 Å². The molecule has 28 heavy (non-hydrogen) atoms. The number of fused-ring (bicyclic) bond motifs is 1. The van der Waals surface area contributed by atoms with Crippen LogP contribution in [0.1, 0.15) is 44.4 Å². The molecule has 0 fully saturated rings. The predicted octanol–water partition coefficient (Wildman–Crippen LogP) is 5.90. The van der Waals surface area contributed by atoms with Crippen molar-refractivity contribution in [3.63, 3.8) is 0 Å². The predicted molar refractivity (Wildman–Crippen MR) is 113 cm³/mol. The van der Waals surface area contributed by atoms with Gasteiger partial charge in [-0.15, -0.1) is 0 Å². The number of benzene rings is 2. The fraction of sp³-hybridized carbons (Fsp3) is 0.409. The quantitative estimate of drug-likeness (QED) is 0.587. The minimum atomic E-state index is -0.594. The number of nitrogens with zero attached hydrogens (tertiary/aromatic N) is 1. The average Bonchev–Trinajstić information content (AvgIpc) is 2.65. The maximum Gasteiger partial charge on any atom is 0.415 e. The van der Waals surface area contributed by atoms with Gasteiger partial charge >= 0.3 is 6.09 Å². The first-order chi connectivity index (χ1) is 13.2. The monoisotopic (exact) mass is 447 g/mol. The van der Waals surface area contributed by atoms with Gasteiger partial charge in [0.05, 0.1) is 30.4 Å². The molecule has 1 atom stereocenters. The van der Waals surface area contributed by atoms with E-state index in [4.69, 9.17) is 14.2 Å². The van der Waals surface area contributed by atoms with E-state index in [1.807, 2.05) is 57.2 Å². The summed E-state index contributed by atoms with van der Waals surface area (Å²) >= 11 is 3.55. The number of carbonyl (C=O) groups excluding carboxylic acids is 1. The maximum atomic E-state index is 13.2. The number of amides is 1. The van der Waals surface area contributed by atoms with E-state index >= 15 is 0 Å². The smallest absolute Gasteiger partial charge is 0.415 e. The molecule has 0 aliphatic carbocycles. The molecule has 0 saturated heterocycles. The molecule has 150 valence electrons. The lowest BCUT2D eigenvalue weighted by atomic mass is 9.91. The average molecular weight is 448 g/mol. The number of ether oxygens (including phenoxy) is 3. The number of halogens is 1. The third kappa shape index (κ3) is 4.12. The number of hydrogen-bond donors (Lipinski definition) is 0. The summed E-state index contributed by atoms with van der Waals surface area (Å²) in [5.74, 6) is 1.51. The van der Waals surface area contributed by atoms with Crippen LogP contribution >= 0.6 is 15.9 Å². The lowest BCUT2D eigenvalue weighted by molar-refractivity contribution is 0.0559. The van der Waals surface area contributed by atoms with Crippen molar-refractivity contribution in [2.24, 2.45) is 0 Å². The van der Waals surface area contributed by atoms with E-state index in [1.54, 1.807) is 19.1 Å². The van der Waals surface area contributed by atoms with Crippen LogP contribution in [0.4, 0.5) is 10.5 Å². The summed E-state index contributed by atoms with van der Waals surface area (Å²) in [5.41, 5.74) is 2.25. The van der Waals surface area contributed by atoms with Gasteiger partial charge in [-0.25, -0.2) is 4.79 Å². The second kappa shape index (κ2) is 8.03. The molecule has 1 amide bonds. The minimum absolute atomic E-state index is 0.182. The Kier molecular flexibility index (Phi) is 5.89. The van der Waals surface area contributed by atoms with E-state index in [-0.39, 0.29) is 12.1 Å². The molecule has 1 heterocycles. The van der Waals surface area contributed by atoms with Crippen LogP contribution < -0.4 is 14.4 Å². The van der Waals surface area contributed by atoms with Crippen molar-refractivity contribution in [2.75, 3.05) is 19.1 Å². The molecule has 2 aromatic carbocycles. The molecule has 0 aromatic heterocycles. The molecule has 0 radical (unpaired) electrons. The van der Waals surface area contributed by atoms with Gasteiger partial charge in [0.2, 0.25) is 0 Å². The van der Waals surface area contributed by atoms with E-state index in [2.05, 4.69) is 15.9 Å². The van der Waals surface area contributed by atoms with Gasteiger partial charge in [0.1, 0.15) is 17.1 Å². The summed E-state index contributed by atoms with van der Waals surface area (Å²) in [4.78, 5) is 15.0. The van der Waals surface area contributed by atoms with Crippen LogP contribution in [0.25, 0.3) is 0 Å². The molecular weight excluding hydrogens is 422 g/mol. The Morgan fingerprint density at radius 1 is 1.11 bits per heavy atom. The molecule has 1 aliphatic rings. The zero-order chi connectivity index (χ0) is 20.5. The molecular formula is C22H26BrNO4. The summed E-state index contributed by atoms with van der Waals surface area (Å²) in [6, 6.07) is 11.5. The zero-order valence-electron chi connectivity index (χ0n) is 16.9. The first kappa shape index (κ1) is 20.5. The number of rotatable bonds is 3. The lowest BCUT2D eigenvalue weighted by Gasteiger charge is -2.39. The highest BCUT2D eigenvalue weighted by atomic mass is 79.9. The molecule has 1 aliphatic heterocycles. The largest absolute Gasteiger partial charge is 0.496 e. The maximum absolute atomic E-state index is 13.2. The van der Waals surface area contributed by atoms with Crippen molar-refractivity contribution in [3.05, 3.63) is 52.0 Å². The Balaban J connectivity index is 2.13. The molecule has 6 heteroatoms. The van der Waals surface area contributed by atoms with Crippen molar-refractivity contribution >= 4 is 27.7 Å². The minimum Gasteiger partial charge on any atom is -0.496 e. The standard InChI is InChI=1S/C22H26BrNO4/c1-22(2,3)28-21(25)24-17(15-8-6-7-9-19(15)26-4)11-10-14-12-20(27-5)16(23)13-18(14)24/h6-9,12-13,17H,10-11H2,1-5H3.